The van der Waals surface area contributed by atoms with Crippen molar-refractivity contribution in [1.82, 2.24) is 15.4 Å². The zero-order chi connectivity index (χ0) is 15.8. The van der Waals surface area contributed by atoms with Gasteiger partial charge in [-0.1, -0.05) is 45.8 Å². The molecule has 0 saturated carbocycles. The highest BCUT2D eigenvalue weighted by atomic mass is 32.1. The van der Waals surface area contributed by atoms with Gasteiger partial charge in [0.2, 0.25) is 5.13 Å². The van der Waals surface area contributed by atoms with Crippen molar-refractivity contribution in [2.24, 2.45) is 0 Å². The highest BCUT2D eigenvalue weighted by Crippen LogP contribution is 2.34. The van der Waals surface area contributed by atoms with Crippen LogP contribution in [-0.4, -0.2) is 28.4 Å². The summed E-state index contributed by atoms with van der Waals surface area (Å²) in [5.41, 5.74) is 4.86. The van der Waals surface area contributed by atoms with Crippen molar-refractivity contribution in [1.29, 1.82) is 0 Å². The number of hydrogen-bond donors (Lipinski definition) is 0. The summed E-state index contributed by atoms with van der Waals surface area (Å²) in [4.78, 5) is 2.32. The zero-order valence-corrected chi connectivity index (χ0v) is 14.0. The molecular weight excluding hydrogens is 308 g/mol. The molecule has 1 aliphatic rings. The van der Waals surface area contributed by atoms with Gasteiger partial charge in [-0.15, -0.1) is 10.2 Å². The standard InChI is InChI=1S/C17H18N4OS/c1-11-7-12(2)9-14(8-11)13-3-5-21(10-13)17-19-18-16(23-17)15-4-6-22-20-15/h4,6-9,13H,3,5,10H2,1-2H3. The van der Waals surface area contributed by atoms with Crippen LogP contribution < -0.4 is 4.90 Å². The minimum Gasteiger partial charge on any atom is -0.364 e. The molecule has 4 rings (SSSR count). The zero-order valence-electron chi connectivity index (χ0n) is 13.2. The van der Waals surface area contributed by atoms with Crippen LogP contribution in [-0.2, 0) is 0 Å². The fourth-order valence-corrected chi connectivity index (χ4v) is 4.06. The second kappa shape index (κ2) is 5.77. The summed E-state index contributed by atoms with van der Waals surface area (Å²) in [7, 11) is 0. The summed E-state index contributed by atoms with van der Waals surface area (Å²) < 4.78 is 4.88. The predicted molar refractivity (Wildman–Crippen MR) is 90.9 cm³/mol. The molecule has 3 aromatic rings. The van der Waals surface area contributed by atoms with Gasteiger partial charge in [0.15, 0.2) is 5.01 Å². The Morgan fingerprint density at radius 3 is 2.74 bits per heavy atom. The SMILES string of the molecule is Cc1cc(C)cc(C2CCN(c3nnc(-c4ccon4)s3)C2)c1. The third-order valence-corrected chi connectivity index (χ3v) is 5.25. The van der Waals surface area contributed by atoms with Crippen LogP contribution in [0.5, 0.6) is 0 Å². The van der Waals surface area contributed by atoms with E-state index >= 15 is 0 Å². The molecule has 0 spiro atoms. The first-order valence-corrected chi connectivity index (χ1v) is 8.58. The van der Waals surface area contributed by atoms with Gasteiger partial charge in [-0.2, -0.15) is 0 Å². The summed E-state index contributed by atoms with van der Waals surface area (Å²) in [6.45, 7) is 6.34. The maximum Gasteiger partial charge on any atom is 0.208 e. The lowest BCUT2D eigenvalue weighted by molar-refractivity contribution is 0.422. The van der Waals surface area contributed by atoms with Crippen LogP contribution in [0.1, 0.15) is 29.0 Å². The molecule has 6 heteroatoms. The molecule has 0 N–H and O–H groups in total. The van der Waals surface area contributed by atoms with Gasteiger partial charge in [0.1, 0.15) is 12.0 Å². The Hall–Kier alpha value is -2.21. The van der Waals surface area contributed by atoms with Crippen LogP contribution in [0.2, 0.25) is 0 Å². The van der Waals surface area contributed by atoms with E-state index in [2.05, 4.69) is 52.3 Å². The van der Waals surface area contributed by atoms with E-state index in [1.807, 2.05) is 6.07 Å². The number of aromatic nitrogens is 3. The second-order valence-electron chi connectivity index (χ2n) is 6.13. The minimum atomic E-state index is 0.563. The van der Waals surface area contributed by atoms with Gasteiger partial charge in [-0.25, -0.2) is 0 Å². The van der Waals surface area contributed by atoms with Crippen LogP contribution >= 0.6 is 11.3 Å². The fourth-order valence-electron chi connectivity index (χ4n) is 3.22. The second-order valence-corrected chi connectivity index (χ2v) is 7.08. The van der Waals surface area contributed by atoms with Crippen LogP contribution in [0.25, 0.3) is 10.7 Å². The molecule has 1 atom stereocenters. The first kappa shape index (κ1) is 14.4. The molecule has 1 unspecified atom stereocenters. The number of aryl methyl sites for hydroxylation is 2. The average molecular weight is 326 g/mol. The quantitative estimate of drug-likeness (QED) is 0.732. The molecule has 0 bridgehead atoms. The summed E-state index contributed by atoms with van der Waals surface area (Å²) >= 11 is 1.57. The Kier molecular flexibility index (Phi) is 3.61. The number of nitrogens with zero attached hydrogens (tertiary/aromatic N) is 4. The van der Waals surface area contributed by atoms with E-state index in [1.165, 1.54) is 16.7 Å². The van der Waals surface area contributed by atoms with E-state index < -0.39 is 0 Å². The third-order valence-electron chi connectivity index (χ3n) is 4.25. The highest BCUT2D eigenvalue weighted by Gasteiger charge is 2.27. The maximum absolute atomic E-state index is 4.88. The smallest absolute Gasteiger partial charge is 0.208 e. The van der Waals surface area contributed by atoms with Gasteiger partial charge in [0.25, 0.3) is 0 Å². The molecule has 0 radical (unpaired) electrons. The topological polar surface area (TPSA) is 55.1 Å². The van der Waals surface area contributed by atoms with Crippen molar-refractivity contribution in [3.63, 3.8) is 0 Å². The molecule has 1 aromatic carbocycles. The molecule has 1 aliphatic heterocycles. The molecule has 1 fully saturated rings. The van der Waals surface area contributed by atoms with Crippen LogP contribution in [0.4, 0.5) is 5.13 Å². The van der Waals surface area contributed by atoms with E-state index in [4.69, 9.17) is 4.52 Å². The Bertz CT molecular complexity index is 792. The highest BCUT2D eigenvalue weighted by molar-refractivity contribution is 7.18. The molecule has 3 heterocycles. The van der Waals surface area contributed by atoms with Crippen LogP contribution in [0.15, 0.2) is 35.1 Å². The van der Waals surface area contributed by atoms with Gasteiger partial charge in [0.05, 0.1) is 0 Å². The predicted octanol–water partition coefficient (Wildman–Crippen LogP) is 3.80. The molecular formula is C17H18N4OS. The van der Waals surface area contributed by atoms with Crippen molar-refractivity contribution < 1.29 is 4.52 Å². The lowest BCUT2D eigenvalue weighted by Gasteiger charge is -2.15. The van der Waals surface area contributed by atoms with Crippen molar-refractivity contribution in [3.8, 4) is 10.7 Å². The Morgan fingerprint density at radius 2 is 2.00 bits per heavy atom. The Labute approximate surface area is 139 Å². The Morgan fingerprint density at radius 1 is 1.17 bits per heavy atom. The number of benzene rings is 1. The molecule has 0 aliphatic carbocycles. The summed E-state index contributed by atoms with van der Waals surface area (Å²) in [6.07, 6.45) is 2.71. The van der Waals surface area contributed by atoms with Gasteiger partial charge in [-0.3, -0.25) is 0 Å². The lowest BCUT2D eigenvalue weighted by atomic mass is 9.95. The molecule has 2 aromatic heterocycles. The van der Waals surface area contributed by atoms with E-state index in [1.54, 1.807) is 17.6 Å². The van der Waals surface area contributed by atoms with E-state index in [9.17, 15) is 0 Å². The third kappa shape index (κ3) is 2.86. The summed E-state index contributed by atoms with van der Waals surface area (Å²) in [5, 5.41) is 14.3. The van der Waals surface area contributed by atoms with Gasteiger partial charge < -0.3 is 9.42 Å². The average Bonchev–Trinajstić information content (AvgIpc) is 3.26. The largest absolute Gasteiger partial charge is 0.364 e. The van der Waals surface area contributed by atoms with Gasteiger partial charge in [-0.05, 0) is 25.8 Å². The number of anilines is 1. The lowest BCUT2D eigenvalue weighted by Crippen LogP contribution is -2.18. The molecule has 1 saturated heterocycles. The van der Waals surface area contributed by atoms with Crippen molar-refractivity contribution >= 4 is 16.5 Å². The van der Waals surface area contributed by atoms with Crippen LogP contribution in [0.3, 0.4) is 0 Å². The van der Waals surface area contributed by atoms with Crippen molar-refractivity contribution in [2.75, 3.05) is 18.0 Å². The first-order chi connectivity index (χ1) is 11.2. The number of hydrogen-bond acceptors (Lipinski definition) is 6. The van der Waals surface area contributed by atoms with E-state index in [-0.39, 0.29) is 0 Å². The van der Waals surface area contributed by atoms with E-state index in [0.717, 1.165) is 35.3 Å². The normalized spacial score (nSPS) is 17.8. The molecule has 118 valence electrons. The van der Waals surface area contributed by atoms with Crippen molar-refractivity contribution in [3.05, 3.63) is 47.2 Å². The molecule has 23 heavy (non-hydrogen) atoms. The fraction of sp³-hybridized carbons (Fsp3) is 0.353. The summed E-state index contributed by atoms with van der Waals surface area (Å²) in [5.74, 6) is 0.563. The van der Waals surface area contributed by atoms with Gasteiger partial charge in [0, 0.05) is 25.1 Å². The number of rotatable bonds is 3. The monoisotopic (exact) mass is 326 g/mol. The molecule has 5 nitrogen and oxygen atoms in total. The first-order valence-electron chi connectivity index (χ1n) is 7.76. The Balaban J connectivity index is 1.52. The molecule has 0 amide bonds. The van der Waals surface area contributed by atoms with Crippen molar-refractivity contribution in [2.45, 2.75) is 26.2 Å². The summed E-state index contributed by atoms with van der Waals surface area (Å²) in [6, 6.07) is 8.65. The minimum absolute atomic E-state index is 0.563. The van der Waals surface area contributed by atoms with E-state index in [0.29, 0.717) is 5.92 Å². The van der Waals surface area contributed by atoms with Crippen LogP contribution in [0, 0.1) is 13.8 Å². The maximum atomic E-state index is 4.88. The van der Waals surface area contributed by atoms with Gasteiger partial charge >= 0.3 is 0 Å².